The van der Waals surface area contributed by atoms with Gasteiger partial charge in [0.15, 0.2) is 0 Å². The molecule has 1 rings (SSSR count). The van der Waals surface area contributed by atoms with Crippen LogP contribution in [0.15, 0.2) is 12.2 Å². The van der Waals surface area contributed by atoms with Gasteiger partial charge in [0.2, 0.25) is 0 Å². The Morgan fingerprint density at radius 2 is 1.40 bits per heavy atom. The first-order chi connectivity index (χ1) is 14.7. The van der Waals surface area contributed by atoms with E-state index in [2.05, 4.69) is 19.1 Å². The molecule has 1 aliphatic rings. The predicted octanol–water partition coefficient (Wildman–Crippen LogP) is 4.91. The van der Waals surface area contributed by atoms with Crippen LogP contribution in [0, 0.1) is 0 Å². The quantitative estimate of drug-likeness (QED) is 0.190. The second kappa shape index (κ2) is 19.2. The van der Waals surface area contributed by atoms with Gasteiger partial charge in [0, 0.05) is 6.61 Å². The highest BCUT2D eigenvalue weighted by atomic mass is 16.6. The van der Waals surface area contributed by atoms with Crippen molar-refractivity contribution in [2.24, 2.45) is 0 Å². The Morgan fingerprint density at radius 3 is 1.97 bits per heavy atom. The summed E-state index contributed by atoms with van der Waals surface area (Å²) in [5.41, 5.74) is 0. The molecule has 1 fully saturated rings. The maximum Gasteiger partial charge on any atom is 0.114 e. The van der Waals surface area contributed by atoms with Gasteiger partial charge >= 0.3 is 0 Å². The fourth-order valence-electron chi connectivity index (χ4n) is 4.00. The zero-order chi connectivity index (χ0) is 21.9. The van der Waals surface area contributed by atoms with E-state index in [9.17, 15) is 10.2 Å². The summed E-state index contributed by atoms with van der Waals surface area (Å²) in [6, 6.07) is 0. The molecule has 4 atom stereocenters. The summed E-state index contributed by atoms with van der Waals surface area (Å²) in [7, 11) is 0. The van der Waals surface area contributed by atoms with Crippen molar-refractivity contribution in [1.82, 2.24) is 0 Å². The van der Waals surface area contributed by atoms with Gasteiger partial charge in [0.05, 0.1) is 13.2 Å². The lowest BCUT2D eigenvalue weighted by Crippen LogP contribution is -2.42. The number of aliphatic hydroxyl groups excluding tert-OH is 3. The molecule has 1 saturated heterocycles. The zero-order valence-corrected chi connectivity index (χ0v) is 19.4. The molecule has 3 N–H and O–H groups in total. The molecule has 0 aromatic carbocycles. The molecule has 0 amide bonds. The van der Waals surface area contributed by atoms with Crippen LogP contribution in [0.25, 0.3) is 0 Å². The molecule has 0 spiro atoms. The zero-order valence-electron chi connectivity index (χ0n) is 19.4. The molecule has 5 nitrogen and oxygen atoms in total. The molecular formula is C25H48O5. The molecular weight excluding hydrogens is 380 g/mol. The Labute approximate surface area is 184 Å². The lowest BCUT2D eigenvalue weighted by molar-refractivity contribution is -0.0938. The second-order valence-electron chi connectivity index (χ2n) is 8.74. The Bertz CT molecular complexity index is 401. The molecule has 0 unspecified atom stereocenters. The van der Waals surface area contributed by atoms with Crippen LogP contribution in [0.4, 0.5) is 0 Å². The van der Waals surface area contributed by atoms with Gasteiger partial charge in [-0.25, -0.2) is 0 Å². The van der Waals surface area contributed by atoms with Crippen LogP contribution in [-0.2, 0) is 9.47 Å². The number of allylic oxidation sites excluding steroid dienone is 2. The first-order valence-corrected chi connectivity index (χ1v) is 12.6. The average Bonchev–Trinajstić information content (AvgIpc) is 3.12. The fraction of sp³-hybridized carbons (Fsp3) is 0.920. The molecule has 0 radical (unpaired) electrons. The number of unbranched alkanes of at least 4 members (excludes halogenated alkanes) is 13. The number of aliphatic hydroxyl groups is 3. The van der Waals surface area contributed by atoms with Crippen molar-refractivity contribution < 1.29 is 24.8 Å². The van der Waals surface area contributed by atoms with Crippen LogP contribution in [0.5, 0.6) is 0 Å². The highest BCUT2D eigenvalue weighted by Gasteiger charge is 2.40. The summed E-state index contributed by atoms with van der Waals surface area (Å²) in [4.78, 5) is 0. The largest absolute Gasteiger partial charge is 0.394 e. The summed E-state index contributed by atoms with van der Waals surface area (Å²) in [6.45, 7) is 2.59. The average molecular weight is 429 g/mol. The minimum Gasteiger partial charge on any atom is -0.394 e. The lowest BCUT2D eigenvalue weighted by atomic mass is 10.1. The molecule has 0 bridgehead atoms. The minimum absolute atomic E-state index is 0.154. The van der Waals surface area contributed by atoms with Crippen molar-refractivity contribution in [1.29, 1.82) is 0 Å². The molecule has 0 aromatic heterocycles. The van der Waals surface area contributed by atoms with Crippen molar-refractivity contribution in [2.75, 3.05) is 19.8 Å². The first-order valence-electron chi connectivity index (χ1n) is 12.6. The highest BCUT2D eigenvalue weighted by Crippen LogP contribution is 2.21. The number of hydrogen-bond donors (Lipinski definition) is 3. The van der Waals surface area contributed by atoms with E-state index in [1.807, 2.05) is 0 Å². The van der Waals surface area contributed by atoms with E-state index in [4.69, 9.17) is 14.6 Å². The van der Waals surface area contributed by atoms with E-state index in [-0.39, 0.29) is 13.2 Å². The second-order valence-corrected chi connectivity index (χ2v) is 8.74. The van der Waals surface area contributed by atoms with Gasteiger partial charge in [-0.3, -0.25) is 0 Å². The maximum absolute atomic E-state index is 9.90. The van der Waals surface area contributed by atoms with Gasteiger partial charge in [-0.05, 0) is 32.1 Å². The van der Waals surface area contributed by atoms with Crippen LogP contribution >= 0.6 is 0 Å². The van der Waals surface area contributed by atoms with E-state index >= 15 is 0 Å². The third-order valence-electron chi connectivity index (χ3n) is 5.95. The lowest BCUT2D eigenvalue weighted by Gasteiger charge is -2.23. The van der Waals surface area contributed by atoms with Gasteiger partial charge in [-0.2, -0.15) is 0 Å². The van der Waals surface area contributed by atoms with E-state index in [0.29, 0.717) is 6.61 Å². The number of rotatable bonds is 20. The van der Waals surface area contributed by atoms with Crippen LogP contribution < -0.4 is 0 Å². The topological polar surface area (TPSA) is 79.2 Å². The SMILES string of the molecule is CCCCCC/C=C/CCCCCCCCCCCO[C@H]1[C@@H]([C@@H](O)CO)OC[C@H]1O. The number of hydrogen-bond acceptors (Lipinski definition) is 5. The molecule has 30 heavy (non-hydrogen) atoms. The normalized spacial score (nSPS) is 22.9. The van der Waals surface area contributed by atoms with Gasteiger partial charge in [0.25, 0.3) is 0 Å². The van der Waals surface area contributed by atoms with Crippen LogP contribution in [-0.4, -0.2) is 59.6 Å². The molecule has 0 saturated carbocycles. The van der Waals surface area contributed by atoms with Crippen molar-refractivity contribution >= 4 is 0 Å². The third kappa shape index (κ3) is 13.1. The monoisotopic (exact) mass is 428 g/mol. The van der Waals surface area contributed by atoms with E-state index in [1.54, 1.807) is 0 Å². The Morgan fingerprint density at radius 1 is 0.867 bits per heavy atom. The van der Waals surface area contributed by atoms with Crippen molar-refractivity contribution in [3.63, 3.8) is 0 Å². The smallest absolute Gasteiger partial charge is 0.114 e. The van der Waals surface area contributed by atoms with Crippen molar-refractivity contribution in [2.45, 2.75) is 128 Å². The van der Waals surface area contributed by atoms with E-state index in [1.165, 1.54) is 83.5 Å². The summed E-state index contributed by atoms with van der Waals surface area (Å²) in [5.74, 6) is 0. The first kappa shape index (κ1) is 27.6. The predicted molar refractivity (Wildman–Crippen MR) is 123 cm³/mol. The summed E-state index contributed by atoms with van der Waals surface area (Å²) < 4.78 is 11.1. The fourth-order valence-corrected chi connectivity index (χ4v) is 4.00. The van der Waals surface area contributed by atoms with Gasteiger partial charge < -0.3 is 24.8 Å². The van der Waals surface area contributed by atoms with Gasteiger partial charge in [0.1, 0.15) is 24.4 Å². The van der Waals surface area contributed by atoms with E-state index in [0.717, 1.165) is 12.8 Å². The molecule has 0 aromatic rings. The van der Waals surface area contributed by atoms with Crippen LogP contribution in [0.2, 0.25) is 0 Å². The van der Waals surface area contributed by atoms with E-state index < -0.39 is 24.4 Å². The number of ether oxygens (including phenoxy) is 2. The Kier molecular flexibility index (Phi) is 17.7. The Balaban J connectivity index is 1.84. The van der Waals surface area contributed by atoms with Crippen molar-refractivity contribution in [3.05, 3.63) is 12.2 Å². The summed E-state index contributed by atoms with van der Waals surface area (Å²) >= 11 is 0. The molecule has 5 heteroatoms. The molecule has 0 aliphatic carbocycles. The van der Waals surface area contributed by atoms with Gasteiger partial charge in [-0.1, -0.05) is 83.3 Å². The summed E-state index contributed by atoms with van der Waals surface area (Å²) in [6.07, 6.45) is 21.0. The summed E-state index contributed by atoms with van der Waals surface area (Å²) in [5, 5.41) is 28.7. The van der Waals surface area contributed by atoms with Gasteiger partial charge in [-0.15, -0.1) is 0 Å². The standard InChI is InChI=1S/C25H48O5/c1-2-3-4-5-6-7-8-9-10-11-12-13-14-15-16-17-18-19-29-25-23(28)21-30-24(25)22(27)20-26/h7-8,22-28H,2-6,9-21H2,1H3/b8-7+/t22-,23+,24+,25+/m0/s1. The Hall–Kier alpha value is -0.460. The van der Waals surface area contributed by atoms with Crippen LogP contribution in [0.3, 0.4) is 0 Å². The molecule has 1 heterocycles. The minimum atomic E-state index is -1.00. The third-order valence-corrected chi connectivity index (χ3v) is 5.95. The van der Waals surface area contributed by atoms with Crippen LogP contribution in [0.1, 0.15) is 103 Å². The molecule has 1 aliphatic heterocycles. The highest BCUT2D eigenvalue weighted by molar-refractivity contribution is 4.89. The maximum atomic E-state index is 9.90. The van der Waals surface area contributed by atoms with Crippen molar-refractivity contribution in [3.8, 4) is 0 Å². The molecule has 178 valence electrons.